The van der Waals surface area contributed by atoms with Crippen LogP contribution in [-0.2, 0) is 15.7 Å². The molecule has 1 aromatic heterocycles. The van der Waals surface area contributed by atoms with E-state index < -0.39 is 16.8 Å². The largest absolute Gasteiger partial charge is 0.371 e. The molecular formula is C19H22N4O4S. The molecule has 1 saturated heterocycles. The normalized spacial score (nSPS) is 15.1. The van der Waals surface area contributed by atoms with Gasteiger partial charge in [0.15, 0.2) is 0 Å². The van der Waals surface area contributed by atoms with E-state index in [-0.39, 0.29) is 6.04 Å². The maximum Gasteiger partial charge on any atom is 0.267 e. The summed E-state index contributed by atoms with van der Waals surface area (Å²) in [4.78, 5) is 17.5. The lowest BCUT2D eigenvalue weighted by Crippen LogP contribution is -2.44. The predicted molar refractivity (Wildman–Crippen MR) is 108 cm³/mol. The van der Waals surface area contributed by atoms with Crippen LogP contribution in [0.5, 0.6) is 0 Å². The van der Waals surface area contributed by atoms with Crippen LogP contribution in [0.2, 0.25) is 0 Å². The summed E-state index contributed by atoms with van der Waals surface area (Å²) in [6.45, 7) is 1.36. The number of nitrogens with zero attached hydrogens (tertiary/aromatic N) is 3. The standard InChI is InChI=1S/C19H22N4O4S/c24-19(21-25)8-7-15-4-1-2-6-18(15)22-12-9-16(10-13-22)23(28(26)27)17-5-3-11-20-14-17/h1-8,11,14,16,25,28H,9-10,12-13H2,(H,21,24)/b8-7+. The molecule has 0 saturated carbocycles. The van der Waals surface area contributed by atoms with Crippen molar-refractivity contribution in [3.05, 3.63) is 60.4 Å². The third kappa shape index (κ3) is 4.68. The molecule has 0 radical (unpaired) electrons. The number of thiol groups is 1. The Hall–Kier alpha value is -2.91. The van der Waals surface area contributed by atoms with Crippen LogP contribution in [0.3, 0.4) is 0 Å². The second-order valence-electron chi connectivity index (χ2n) is 6.38. The fourth-order valence-corrected chi connectivity index (χ4v) is 4.20. The summed E-state index contributed by atoms with van der Waals surface area (Å²) >= 11 is 0. The van der Waals surface area contributed by atoms with Gasteiger partial charge in [-0.2, -0.15) is 0 Å². The number of piperidine rings is 1. The van der Waals surface area contributed by atoms with Crippen molar-refractivity contribution in [2.45, 2.75) is 18.9 Å². The van der Waals surface area contributed by atoms with Crippen LogP contribution in [0, 0.1) is 0 Å². The minimum Gasteiger partial charge on any atom is -0.371 e. The number of para-hydroxylation sites is 1. The fourth-order valence-electron chi connectivity index (χ4n) is 3.40. The van der Waals surface area contributed by atoms with E-state index in [0.29, 0.717) is 31.6 Å². The number of hydroxylamine groups is 1. The van der Waals surface area contributed by atoms with Crippen LogP contribution in [0.25, 0.3) is 6.08 Å². The smallest absolute Gasteiger partial charge is 0.267 e. The number of anilines is 2. The van der Waals surface area contributed by atoms with E-state index in [9.17, 15) is 13.2 Å². The first-order valence-corrected chi connectivity index (χ1v) is 10.0. The Morgan fingerprint density at radius 1 is 1.21 bits per heavy atom. The zero-order valence-corrected chi connectivity index (χ0v) is 16.0. The maximum absolute atomic E-state index is 11.8. The van der Waals surface area contributed by atoms with Crippen molar-refractivity contribution < 1.29 is 18.4 Å². The first kappa shape index (κ1) is 19.8. The zero-order valence-electron chi connectivity index (χ0n) is 15.1. The molecule has 9 heteroatoms. The molecule has 8 nitrogen and oxygen atoms in total. The van der Waals surface area contributed by atoms with Crippen molar-refractivity contribution in [2.24, 2.45) is 0 Å². The molecule has 0 bridgehead atoms. The average molecular weight is 402 g/mol. The van der Waals surface area contributed by atoms with Gasteiger partial charge in [-0.15, -0.1) is 0 Å². The monoisotopic (exact) mass is 402 g/mol. The number of amides is 1. The van der Waals surface area contributed by atoms with Gasteiger partial charge >= 0.3 is 0 Å². The number of nitrogens with one attached hydrogen (secondary N) is 1. The van der Waals surface area contributed by atoms with Crippen molar-refractivity contribution >= 4 is 34.2 Å². The molecule has 3 rings (SSSR count). The average Bonchev–Trinajstić information content (AvgIpc) is 2.73. The van der Waals surface area contributed by atoms with Gasteiger partial charge in [-0.3, -0.25) is 19.3 Å². The first-order valence-electron chi connectivity index (χ1n) is 8.90. The molecule has 2 N–H and O–H groups in total. The second kappa shape index (κ2) is 9.34. The van der Waals surface area contributed by atoms with Crippen molar-refractivity contribution in [1.82, 2.24) is 10.5 Å². The summed E-state index contributed by atoms with van der Waals surface area (Å²) in [5.74, 6) is -0.597. The molecule has 0 atom stereocenters. The second-order valence-corrected chi connectivity index (χ2v) is 7.29. The molecule has 1 aliphatic heterocycles. The maximum atomic E-state index is 11.8. The lowest BCUT2D eigenvalue weighted by Gasteiger charge is -2.38. The Morgan fingerprint density at radius 3 is 2.61 bits per heavy atom. The van der Waals surface area contributed by atoms with Gasteiger partial charge in [-0.25, -0.2) is 13.9 Å². The third-order valence-corrected chi connectivity index (χ3v) is 5.61. The molecule has 0 unspecified atom stereocenters. The van der Waals surface area contributed by atoms with Gasteiger partial charge in [0.05, 0.1) is 11.9 Å². The highest BCUT2D eigenvalue weighted by atomic mass is 32.2. The van der Waals surface area contributed by atoms with Gasteiger partial charge < -0.3 is 4.90 Å². The Kier molecular flexibility index (Phi) is 6.62. The van der Waals surface area contributed by atoms with Crippen LogP contribution in [0.4, 0.5) is 11.4 Å². The van der Waals surface area contributed by atoms with Gasteiger partial charge in [0.1, 0.15) is 0 Å². The molecule has 1 aromatic carbocycles. The zero-order chi connectivity index (χ0) is 19.9. The van der Waals surface area contributed by atoms with Crippen molar-refractivity contribution in [2.75, 3.05) is 22.3 Å². The Morgan fingerprint density at radius 2 is 1.96 bits per heavy atom. The molecular weight excluding hydrogens is 380 g/mol. The highest BCUT2D eigenvalue weighted by Gasteiger charge is 2.27. The topological polar surface area (TPSA) is 103 Å². The van der Waals surface area contributed by atoms with Gasteiger partial charge in [0.2, 0.25) is 10.9 Å². The van der Waals surface area contributed by atoms with E-state index in [1.54, 1.807) is 36.1 Å². The summed E-state index contributed by atoms with van der Waals surface area (Å²) in [5.41, 5.74) is 3.96. The van der Waals surface area contributed by atoms with E-state index >= 15 is 0 Å². The van der Waals surface area contributed by atoms with Gasteiger partial charge in [-0.1, -0.05) is 18.2 Å². The van der Waals surface area contributed by atoms with Crippen LogP contribution < -0.4 is 14.7 Å². The van der Waals surface area contributed by atoms with Crippen LogP contribution in [0.1, 0.15) is 18.4 Å². The first-order chi connectivity index (χ1) is 13.6. The minimum absolute atomic E-state index is 0.121. The lowest BCUT2D eigenvalue weighted by molar-refractivity contribution is -0.124. The van der Waals surface area contributed by atoms with Crippen LogP contribution in [-0.4, -0.2) is 43.6 Å². The minimum atomic E-state index is -2.76. The van der Waals surface area contributed by atoms with E-state index in [0.717, 1.165) is 11.3 Å². The number of aromatic nitrogens is 1. The van der Waals surface area contributed by atoms with E-state index in [2.05, 4.69) is 9.88 Å². The number of pyridine rings is 1. The Balaban J connectivity index is 1.74. The SMILES string of the molecule is O=C(/C=C/c1ccccc1N1CCC(N(c2cccnc2)[SH](=O)=O)CC1)NO. The molecule has 0 aliphatic carbocycles. The highest BCUT2D eigenvalue weighted by Crippen LogP contribution is 2.28. The van der Waals surface area contributed by atoms with Gasteiger partial charge in [0, 0.05) is 37.1 Å². The molecule has 0 spiro atoms. The summed E-state index contributed by atoms with van der Waals surface area (Å²) in [6, 6.07) is 11.0. The summed E-state index contributed by atoms with van der Waals surface area (Å²) in [7, 11) is -2.76. The van der Waals surface area contributed by atoms with Crippen molar-refractivity contribution in [3.8, 4) is 0 Å². The molecule has 1 amide bonds. The Labute approximate surface area is 165 Å². The molecule has 2 heterocycles. The molecule has 2 aromatic rings. The molecule has 148 valence electrons. The Bertz CT molecular complexity index is 901. The van der Waals surface area contributed by atoms with Crippen molar-refractivity contribution in [3.63, 3.8) is 0 Å². The lowest BCUT2D eigenvalue weighted by atomic mass is 10.0. The molecule has 1 fully saturated rings. The van der Waals surface area contributed by atoms with E-state index in [1.165, 1.54) is 10.4 Å². The van der Waals surface area contributed by atoms with Crippen LogP contribution in [0.15, 0.2) is 54.9 Å². The third-order valence-electron chi connectivity index (χ3n) is 4.70. The van der Waals surface area contributed by atoms with Gasteiger partial charge in [0.25, 0.3) is 5.91 Å². The number of carbonyl (C=O) groups is 1. The molecule has 28 heavy (non-hydrogen) atoms. The van der Waals surface area contributed by atoms with Crippen LogP contribution >= 0.6 is 0 Å². The number of hydrogen-bond acceptors (Lipinski definition) is 6. The van der Waals surface area contributed by atoms with E-state index in [1.807, 2.05) is 24.3 Å². The van der Waals surface area contributed by atoms with Gasteiger partial charge in [-0.05, 0) is 42.7 Å². The fraction of sp³-hybridized carbons (Fsp3) is 0.263. The highest BCUT2D eigenvalue weighted by molar-refractivity contribution is 7.74. The molecule has 1 aliphatic rings. The number of carbonyl (C=O) groups excluding carboxylic acids is 1. The summed E-state index contributed by atoms with van der Waals surface area (Å²) in [6.07, 6.45) is 7.43. The number of hydrogen-bond donors (Lipinski definition) is 3. The number of rotatable bonds is 6. The van der Waals surface area contributed by atoms with E-state index in [4.69, 9.17) is 5.21 Å². The quantitative estimate of drug-likeness (QED) is 0.294. The van der Waals surface area contributed by atoms with Crippen molar-refractivity contribution in [1.29, 1.82) is 0 Å². The summed E-state index contributed by atoms with van der Waals surface area (Å²) in [5, 5.41) is 8.63. The summed E-state index contributed by atoms with van der Waals surface area (Å²) < 4.78 is 25.1. The predicted octanol–water partition coefficient (Wildman–Crippen LogP) is 1.60. The number of benzene rings is 1.